The molecule has 0 aliphatic heterocycles. The summed E-state index contributed by atoms with van der Waals surface area (Å²) in [7, 11) is 4.02. The van der Waals surface area contributed by atoms with Crippen LogP contribution >= 0.6 is 0 Å². The summed E-state index contributed by atoms with van der Waals surface area (Å²) in [4.78, 5) is 15.8. The minimum atomic E-state index is -0.575. The highest BCUT2D eigenvalue weighted by Gasteiger charge is 2.59. The van der Waals surface area contributed by atoms with Gasteiger partial charge in [0, 0.05) is 6.54 Å². The van der Waals surface area contributed by atoms with E-state index in [9.17, 15) is 4.79 Å². The molecule has 0 saturated heterocycles. The van der Waals surface area contributed by atoms with E-state index in [1.165, 1.54) is 0 Å². The maximum atomic E-state index is 13.7. The fraction of sp³-hybridized carbons (Fsp3) is 0.964. The van der Waals surface area contributed by atoms with Crippen LogP contribution < -0.4 is 0 Å². The van der Waals surface area contributed by atoms with Crippen LogP contribution in [-0.2, 0) is 9.53 Å². The Kier molecular flexibility index (Phi) is 9.96. The van der Waals surface area contributed by atoms with E-state index in [4.69, 9.17) is 4.74 Å². The van der Waals surface area contributed by atoms with E-state index in [1.807, 2.05) is 14.1 Å². The van der Waals surface area contributed by atoms with Gasteiger partial charge >= 0.3 is 5.97 Å². The zero-order chi connectivity index (χ0) is 25.1. The molecule has 0 aromatic carbocycles. The minimum Gasteiger partial charge on any atom is -0.464 e. The van der Waals surface area contributed by atoms with Crippen LogP contribution in [0.4, 0.5) is 0 Å². The van der Waals surface area contributed by atoms with Gasteiger partial charge in [0.25, 0.3) is 0 Å². The normalized spacial score (nSPS) is 17.9. The molecule has 2 atom stereocenters. The van der Waals surface area contributed by atoms with Gasteiger partial charge in [-0.05, 0) is 60.9 Å². The van der Waals surface area contributed by atoms with E-state index in [0.29, 0.717) is 6.61 Å². The lowest BCUT2D eigenvalue weighted by Gasteiger charge is -2.58. The second-order valence-corrected chi connectivity index (χ2v) is 13.8. The molecule has 0 aromatic rings. The maximum Gasteiger partial charge on any atom is 0.312 e. The Morgan fingerprint density at radius 3 is 1.58 bits per heavy atom. The zero-order valence-corrected chi connectivity index (χ0v) is 24.0. The van der Waals surface area contributed by atoms with Gasteiger partial charge in [0.05, 0.1) is 5.41 Å². The molecule has 3 nitrogen and oxygen atoms in total. The van der Waals surface area contributed by atoms with Gasteiger partial charge in [0.15, 0.2) is 0 Å². The Labute approximate surface area is 196 Å². The van der Waals surface area contributed by atoms with Crippen molar-refractivity contribution in [3.05, 3.63) is 0 Å². The van der Waals surface area contributed by atoms with Crippen LogP contribution in [0.15, 0.2) is 0 Å². The highest BCUT2D eigenvalue weighted by atomic mass is 16.5. The molecule has 2 unspecified atom stereocenters. The molecule has 3 heteroatoms. The number of likely N-dealkylation sites (N-methyl/N-ethyl adjacent to an activating group) is 1. The van der Waals surface area contributed by atoms with Crippen molar-refractivity contribution in [3.63, 3.8) is 0 Å². The highest BCUT2D eigenvalue weighted by molar-refractivity contribution is 5.77. The number of nitrogens with zero attached hydrogens (tertiary/aromatic N) is 1. The van der Waals surface area contributed by atoms with Gasteiger partial charge in [-0.2, -0.15) is 0 Å². The molecule has 0 saturated carbocycles. The topological polar surface area (TPSA) is 29.5 Å². The number of hydrogen-bond donors (Lipinski definition) is 0. The molecular weight excluding hydrogens is 382 g/mol. The third kappa shape index (κ3) is 6.95. The summed E-state index contributed by atoms with van der Waals surface area (Å²) in [6, 6.07) is 0. The molecule has 0 radical (unpaired) electrons. The lowest BCUT2D eigenvalue weighted by atomic mass is 9.46. The van der Waals surface area contributed by atoms with Crippen LogP contribution in [0.1, 0.15) is 116 Å². The van der Waals surface area contributed by atoms with Gasteiger partial charge in [0.1, 0.15) is 6.61 Å². The Balaban J connectivity index is 6.34. The molecule has 0 aliphatic carbocycles. The fourth-order valence-electron chi connectivity index (χ4n) is 5.24. The molecule has 0 rings (SSSR count). The van der Waals surface area contributed by atoms with Crippen molar-refractivity contribution in [2.24, 2.45) is 32.5 Å². The van der Waals surface area contributed by atoms with Crippen LogP contribution in [-0.4, -0.2) is 38.1 Å². The first kappa shape index (κ1) is 30.4. The standard InChI is InChI=1S/C28H57NO2/c1-16-24(6,7)25(8,9)21-27(12,17-2)26(10,11)28(13,20-23(3,4)5)22(30)31-19-18-29(14)15/h16-21H2,1-15H3. The second-order valence-electron chi connectivity index (χ2n) is 13.8. The van der Waals surface area contributed by atoms with Gasteiger partial charge in [-0.15, -0.1) is 0 Å². The van der Waals surface area contributed by atoms with Gasteiger partial charge in [-0.25, -0.2) is 0 Å². The molecule has 0 bridgehead atoms. The zero-order valence-electron chi connectivity index (χ0n) is 24.0. The first-order chi connectivity index (χ1) is 13.6. The molecule has 186 valence electrons. The van der Waals surface area contributed by atoms with E-state index in [2.05, 4.69) is 94.9 Å². The van der Waals surface area contributed by atoms with Crippen LogP contribution in [0.2, 0.25) is 0 Å². The summed E-state index contributed by atoms with van der Waals surface area (Å²) in [5, 5.41) is 0. The number of carbonyl (C=O) groups is 1. The van der Waals surface area contributed by atoms with Crippen LogP contribution in [0.25, 0.3) is 0 Å². The van der Waals surface area contributed by atoms with Crippen molar-refractivity contribution in [2.75, 3.05) is 27.2 Å². The molecule has 0 aliphatic rings. The van der Waals surface area contributed by atoms with Gasteiger partial charge < -0.3 is 9.64 Å². The Morgan fingerprint density at radius 1 is 0.742 bits per heavy atom. The quantitative estimate of drug-likeness (QED) is 0.290. The smallest absolute Gasteiger partial charge is 0.312 e. The lowest BCUT2D eigenvalue weighted by Crippen LogP contribution is -2.55. The highest BCUT2D eigenvalue weighted by Crippen LogP contribution is 2.62. The van der Waals surface area contributed by atoms with Crippen molar-refractivity contribution in [2.45, 2.75) is 116 Å². The first-order valence-electron chi connectivity index (χ1n) is 12.4. The van der Waals surface area contributed by atoms with Crippen molar-refractivity contribution in [3.8, 4) is 0 Å². The molecular formula is C28H57NO2. The SMILES string of the molecule is CCC(C)(C)C(C)(C)CC(C)(CC)C(C)(C)C(C)(CC(C)(C)C)C(=O)OCCN(C)C. The summed E-state index contributed by atoms with van der Waals surface area (Å²) in [6.07, 6.45) is 4.07. The average molecular weight is 440 g/mol. The Hall–Kier alpha value is -0.570. The molecule has 0 spiro atoms. The van der Waals surface area contributed by atoms with Crippen molar-refractivity contribution in [1.82, 2.24) is 4.90 Å². The number of ether oxygens (including phenoxy) is 1. The molecule has 0 N–H and O–H groups in total. The second kappa shape index (κ2) is 10.1. The maximum absolute atomic E-state index is 13.7. The van der Waals surface area contributed by atoms with Crippen molar-refractivity contribution in [1.29, 1.82) is 0 Å². The molecule has 0 fully saturated rings. The van der Waals surface area contributed by atoms with Crippen molar-refractivity contribution < 1.29 is 9.53 Å². The van der Waals surface area contributed by atoms with E-state index >= 15 is 0 Å². The van der Waals surface area contributed by atoms with Crippen LogP contribution in [0, 0.1) is 32.5 Å². The summed E-state index contributed by atoms with van der Waals surface area (Å²) < 4.78 is 5.93. The molecule has 0 aromatic heterocycles. The molecule has 0 heterocycles. The predicted molar refractivity (Wildman–Crippen MR) is 136 cm³/mol. The van der Waals surface area contributed by atoms with Gasteiger partial charge in [-0.3, -0.25) is 4.79 Å². The average Bonchev–Trinajstić information content (AvgIpc) is 2.58. The monoisotopic (exact) mass is 439 g/mol. The number of esters is 1. The first-order valence-corrected chi connectivity index (χ1v) is 12.4. The van der Waals surface area contributed by atoms with Crippen LogP contribution in [0.3, 0.4) is 0 Å². The van der Waals surface area contributed by atoms with Crippen LogP contribution in [0.5, 0.6) is 0 Å². The predicted octanol–water partition coefficient (Wildman–Crippen LogP) is 7.83. The third-order valence-corrected chi connectivity index (χ3v) is 9.32. The third-order valence-electron chi connectivity index (χ3n) is 9.32. The largest absolute Gasteiger partial charge is 0.464 e. The molecule has 31 heavy (non-hydrogen) atoms. The lowest BCUT2D eigenvalue weighted by molar-refractivity contribution is -0.179. The van der Waals surface area contributed by atoms with E-state index in [0.717, 1.165) is 32.2 Å². The number of hydrogen-bond acceptors (Lipinski definition) is 3. The Bertz CT molecular complexity index is 582. The summed E-state index contributed by atoms with van der Waals surface area (Å²) >= 11 is 0. The fourth-order valence-corrected chi connectivity index (χ4v) is 5.24. The van der Waals surface area contributed by atoms with Crippen molar-refractivity contribution >= 4 is 5.97 Å². The van der Waals surface area contributed by atoms with E-state index < -0.39 is 5.41 Å². The van der Waals surface area contributed by atoms with Gasteiger partial charge in [-0.1, -0.05) is 95.9 Å². The van der Waals surface area contributed by atoms with Gasteiger partial charge in [0.2, 0.25) is 0 Å². The number of carbonyl (C=O) groups excluding carboxylic acids is 1. The van der Waals surface area contributed by atoms with E-state index in [1.54, 1.807) is 0 Å². The number of rotatable bonds is 12. The molecule has 0 amide bonds. The summed E-state index contributed by atoms with van der Waals surface area (Å²) in [6.45, 7) is 31.3. The Morgan fingerprint density at radius 2 is 1.23 bits per heavy atom. The summed E-state index contributed by atoms with van der Waals surface area (Å²) in [5.41, 5.74) is -0.413. The minimum absolute atomic E-state index is 0.0104. The van der Waals surface area contributed by atoms with E-state index in [-0.39, 0.29) is 33.0 Å². The summed E-state index contributed by atoms with van der Waals surface area (Å²) in [5.74, 6) is -0.0403.